The molecule has 3 heterocycles. The Bertz CT molecular complexity index is 755. The number of nitrogens with one attached hydrogen (secondary N) is 1. The molecule has 1 aliphatic heterocycles. The lowest BCUT2D eigenvalue weighted by molar-refractivity contribution is -0.00380. The minimum atomic E-state index is -0.358. The third kappa shape index (κ3) is 2.79. The number of ether oxygens (including phenoxy) is 1. The van der Waals surface area contributed by atoms with E-state index in [-0.39, 0.29) is 17.5 Å². The molecule has 0 unspecified atom stereocenters. The van der Waals surface area contributed by atoms with Crippen LogP contribution in [-0.4, -0.2) is 45.5 Å². The highest BCUT2D eigenvalue weighted by atomic mass is 32.1. The Labute approximate surface area is 131 Å². The number of morpholine rings is 1. The number of hydrogen-bond acceptors (Lipinski definition) is 6. The summed E-state index contributed by atoms with van der Waals surface area (Å²) in [5.41, 5.74) is 2.70. The summed E-state index contributed by atoms with van der Waals surface area (Å²) in [6.07, 6.45) is 0. The first-order valence-electron chi connectivity index (χ1n) is 6.93. The maximum atomic E-state index is 12.8. The Morgan fingerprint density at radius 1 is 1.50 bits per heavy atom. The highest BCUT2D eigenvalue weighted by Crippen LogP contribution is 2.26. The molecule has 0 aliphatic carbocycles. The summed E-state index contributed by atoms with van der Waals surface area (Å²) in [7, 11) is 0. The van der Waals surface area contributed by atoms with Crippen LogP contribution in [0.5, 0.6) is 0 Å². The number of amides is 1. The van der Waals surface area contributed by atoms with E-state index < -0.39 is 0 Å². The normalized spacial score (nSPS) is 18.5. The summed E-state index contributed by atoms with van der Waals surface area (Å²) in [5.74, 6) is 0.433. The molecule has 0 spiro atoms. The second-order valence-corrected chi connectivity index (χ2v) is 5.97. The van der Waals surface area contributed by atoms with E-state index in [1.54, 1.807) is 17.3 Å². The molecular formula is C14H16N4O3S. The van der Waals surface area contributed by atoms with Gasteiger partial charge in [0.25, 0.3) is 11.5 Å². The molecule has 1 amide bonds. The predicted molar refractivity (Wildman–Crippen MR) is 81.0 cm³/mol. The summed E-state index contributed by atoms with van der Waals surface area (Å²) in [6.45, 7) is 4.80. The fourth-order valence-corrected chi connectivity index (χ4v) is 3.26. The van der Waals surface area contributed by atoms with Gasteiger partial charge >= 0.3 is 0 Å². The Morgan fingerprint density at radius 3 is 3.00 bits per heavy atom. The molecule has 22 heavy (non-hydrogen) atoms. The molecule has 7 nitrogen and oxygen atoms in total. The number of H-pyrrole nitrogens is 1. The Balaban J connectivity index is 1.96. The average molecular weight is 320 g/mol. The van der Waals surface area contributed by atoms with Gasteiger partial charge in [-0.25, -0.2) is 9.97 Å². The number of hydrogen-bond donors (Lipinski definition) is 1. The van der Waals surface area contributed by atoms with Crippen molar-refractivity contribution in [1.82, 2.24) is 19.9 Å². The van der Waals surface area contributed by atoms with Crippen molar-refractivity contribution in [3.63, 3.8) is 0 Å². The van der Waals surface area contributed by atoms with Crippen LogP contribution in [0.4, 0.5) is 0 Å². The molecule has 1 saturated heterocycles. The molecule has 1 N–H and O–H groups in total. The van der Waals surface area contributed by atoms with Crippen LogP contribution in [0.1, 0.15) is 32.9 Å². The molecule has 2 aromatic heterocycles. The van der Waals surface area contributed by atoms with Gasteiger partial charge in [-0.05, 0) is 13.8 Å². The van der Waals surface area contributed by atoms with Crippen LogP contribution in [-0.2, 0) is 4.74 Å². The standard InChI is InChI=1S/C14H16N4O3S/c1-8-13(22-7-15-8)14(20)18-3-4-21-6-11(18)10-5-12(19)17-9(2)16-10/h5,7,11H,3-4,6H2,1-2H3,(H,16,17,19)/t11-/m1/s1. The Kier molecular flexibility index (Phi) is 4.04. The zero-order valence-corrected chi connectivity index (χ0v) is 13.1. The maximum Gasteiger partial charge on any atom is 0.266 e. The smallest absolute Gasteiger partial charge is 0.266 e. The lowest BCUT2D eigenvalue weighted by atomic mass is 10.1. The number of carbonyl (C=O) groups is 1. The van der Waals surface area contributed by atoms with E-state index in [4.69, 9.17) is 4.74 Å². The number of rotatable bonds is 2. The van der Waals surface area contributed by atoms with Gasteiger partial charge in [-0.1, -0.05) is 0 Å². The van der Waals surface area contributed by atoms with Gasteiger partial charge in [-0.2, -0.15) is 0 Å². The molecule has 0 bridgehead atoms. The predicted octanol–water partition coefficient (Wildman–Crippen LogP) is 1.06. The van der Waals surface area contributed by atoms with Gasteiger partial charge in [0.05, 0.1) is 36.2 Å². The number of nitrogens with zero attached hydrogens (tertiary/aromatic N) is 3. The molecule has 3 rings (SSSR count). The zero-order valence-electron chi connectivity index (χ0n) is 12.3. The van der Waals surface area contributed by atoms with E-state index in [9.17, 15) is 9.59 Å². The monoisotopic (exact) mass is 320 g/mol. The molecule has 1 aliphatic rings. The third-order valence-corrected chi connectivity index (χ3v) is 4.47. The number of aromatic amines is 1. The molecule has 0 radical (unpaired) electrons. The number of aryl methyl sites for hydroxylation is 2. The van der Waals surface area contributed by atoms with Crippen LogP contribution >= 0.6 is 11.3 Å². The summed E-state index contributed by atoms with van der Waals surface area (Å²) < 4.78 is 5.49. The zero-order chi connectivity index (χ0) is 15.7. The van der Waals surface area contributed by atoms with Crippen LogP contribution < -0.4 is 5.56 Å². The van der Waals surface area contributed by atoms with E-state index in [0.29, 0.717) is 36.2 Å². The highest BCUT2D eigenvalue weighted by Gasteiger charge is 2.32. The molecular weight excluding hydrogens is 304 g/mol. The number of thiazole rings is 1. The Hall–Kier alpha value is -2.06. The maximum absolute atomic E-state index is 12.8. The fraction of sp³-hybridized carbons (Fsp3) is 0.429. The minimum Gasteiger partial charge on any atom is -0.377 e. The lowest BCUT2D eigenvalue weighted by Crippen LogP contribution is -2.44. The van der Waals surface area contributed by atoms with Crippen LogP contribution in [0.15, 0.2) is 16.4 Å². The largest absolute Gasteiger partial charge is 0.377 e. The number of carbonyl (C=O) groups excluding carboxylic acids is 1. The van der Waals surface area contributed by atoms with Gasteiger partial charge in [0, 0.05) is 12.6 Å². The minimum absolute atomic E-state index is 0.0898. The van der Waals surface area contributed by atoms with E-state index >= 15 is 0 Å². The van der Waals surface area contributed by atoms with Gasteiger partial charge in [-0.15, -0.1) is 11.3 Å². The molecule has 0 aromatic carbocycles. The molecule has 116 valence electrons. The van der Waals surface area contributed by atoms with Crippen LogP contribution in [0.2, 0.25) is 0 Å². The Morgan fingerprint density at radius 2 is 2.32 bits per heavy atom. The van der Waals surface area contributed by atoms with Crippen LogP contribution in [0.25, 0.3) is 0 Å². The van der Waals surface area contributed by atoms with E-state index in [0.717, 1.165) is 5.69 Å². The molecule has 0 saturated carbocycles. The number of aromatic nitrogens is 3. The molecule has 8 heteroatoms. The van der Waals surface area contributed by atoms with E-state index in [2.05, 4.69) is 15.0 Å². The van der Waals surface area contributed by atoms with Crippen molar-refractivity contribution >= 4 is 17.2 Å². The van der Waals surface area contributed by atoms with Gasteiger partial charge < -0.3 is 14.6 Å². The van der Waals surface area contributed by atoms with Gasteiger partial charge in [0.2, 0.25) is 0 Å². The average Bonchev–Trinajstić information content (AvgIpc) is 2.91. The second kappa shape index (κ2) is 5.98. The highest BCUT2D eigenvalue weighted by molar-refractivity contribution is 7.11. The van der Waals surface area contributed by atoms with Crippen molar-refractivity contribution in [2.75, 3.05) is 19.8 Å². The van der Waals surface area contributed by atoms with Crippen LogP contribution in [0.3, 0.4) is 0 Å². The van der Waals surface area contributed by atoms with Crippen molar-refractivity contribution in [3.05, 3.63) is 44.0 Å². The van der Waals surface area contributed by atoms with E-state index in [1.165, 1.54) is 17.4 Å². The second-order valence-electron chi connectivity index (χ2n) is 5.11. The first-order chi connectivity index (χ1) is 10.6. The first kappa shape index (κ1) is 14.9. The summed E-state index contributed by atoms with van der Waals surface area (Å²) in [6, 6.07) is 1.07. The molecule has 2 aromatic rings. The van der Waals surface area contributed by atoms with Crippen molar-refractivity contribution in [2.45, 2.75) is 19.9 Å². The molecule has 1 fully saturated rings. The van der Waals surface area contributed by atoms with Gasteiger partial charge in [0.15, 0.2) is 0 Å². The summed E-state index contributed by atoms with van der Waals surface area (Å²) >= 11 is 1.32. The first-order valence-corrected chi connectivity index (χ1v) is 7.81. The van der Waals surface area contributed by atoms with Crippen molar-refractivity contribution in [3.8, 4) is 0 Å². The lowest BCUT2D eigenvalue weighted by Gasteiger charge is -2.35. The van der Waals surface area contributed by atoms with Crippen molar-refractivity contribution in [1.29, 1.82) is 0 Å². The topological polar surface area (TPSA) is 88.2 Å². The van der Waals surface area contributed by atoms with Gasteiger partial charge in [-0.3, -0.25) is 9.59 Å². The quantitative estimate of drug-likeness (QED) is 0.894. The van der Waals surface area contributed by atoms with Gasteiger partial charge in [0.1, 0.15) is 10.7 Å². The SMILES string of the molecule is Cc1nc([C@H]2COCCN2C(=O)c2scnc2C)cc(=O)[nH]1. The third-order valence-electron chi connectivity index (χ3n) is 3.55. The molecule has 1 atom stereocenters. The van der Waals surface area contributed by atoms with Crippen molar-refractivity contribution in [2.24, 2.45) is 0 Å². The van der Waals surface area contributed by atoms with Crippen LogP contribution in [0, 0.1) is 13.8 Å². The summed E-state index contributed by atoms with van der Waals surface area (Å²) in [5, 5.41) is 0. The van der Waals surface area contributed by atoms with E-state index in [1.807, 2.05) is 6.92 Å². The van der Waals surface area contributed by atoms with Crippen molar-refractivity contribution < 1.29 is 9.53 Å². The summed E-state index contributed by atoms with van der Waals surface area (Å²) in [4.78, 5) is 37.9. The fourth-order valence-electron chi connectivity index (χ4n) is 2.50.